The number of alkyl halides is 2. The van der Waals surface area contributed by atoms with Gasteiger partial charge in [-0.05, 0) is 12.1 Å². The third-order valence-corrected chi connectivity index (χ3v) is 1.60. The third kappa shape index (κ3) is 1.72. The van der Waals surface area contributed by atoms with Crippen molar-refractivity contribution in [2.45, 2.75) is 5.92 Å². The summed E-state index contributed by atoms with van der Waals surface area (Å²) in [5.41, 5.74) is -0.339. The number of rotatable bonds is 1. The van der Waals surface area contributed by atoms with Crippen LogP contribution in [0.2, 0.25) is 5.02 Å². The monoisotopic (exact) mass is 187 g/mol. The van der Waals surface area contributed by atoms with E-state index in [0.29, 0.717) is 5.02 Å². The highest BCUT2D eigenvalue weighted by atomic mass is 35.5. The van der Waals surface area contributed by atoms with E-state index in [9.17, 15) is 8.78 Å². The molecule has 0 fully saturated rings. The molecule has 0 saturated heterocycles. The van der Waals surface area contributed by atoms with Crippen LogP contribution < -0.4 is 0 Å². The summed E-state index contributed by atoms with van der Waals surface area (Å²) in [6, 6.07) is 5.80. The Balaban J connectivity index is 3.07. The lowest BCUT2D eigenvalue weighted by Gasteiger charge is -2.06. The van der Waals surface area contributed by atoms with Gasteiger partial charge in [-0.2, -0.15) is 14.0 Å². The molecule has 0 N–H and O–H groups in total. The molecule has 0 aromatic heterocycles. The minimum absolute atomic E-state index is 0.339. The van der Waals surface area contributed by atoms with Crippen LogP contribution in [-0.4, -0.2) is 0 Å². The molecular weight excluding hydrogens is 184 g/mol. The Morgan fingerprint density at radius 2 is 1.75 bits per heavy atom. The second-order valence-corrected chi connectivity index (χ2v) is 2.63. The normalized spacial score (nSPS) is 10.8. The van der Waals surface area contributed by atoms with Gasteiger partial charge >= 0.3 is 5.92 Å². The highest BCUT2D eigenvalue weighted by Crippen LogP contribution is 2.27. The molecule has 0 spiro atoms. The number of halogens is 3. The van der Waals surface area contributed by atoms with Gasteiger partial charge < -0.3 is 0 Å². The molecule has 0 aliphatic rings. The van der Waals surface area contributed by atoms with Gasteiger partial charge in [0.2, 0.25) is 0 Å². The molecule has 0 aliphatic heterocycles. The highest BCUT2D eigenvalue weighted by molar-refractivity contribution is 6.30. The van der Waals surface area contributed by atoms with Gasteiger partial charge in [-0.15, -0.1) is 0 Å². The number of benzene rings is 1. The lowest BCUT2D eigenvalue weighted by molar-refractivity contribution is 0.0613. The average molecular weight is 188 g/mol. The predicted molar refractivity (Wildman–Crippen MR) is 41.0 cm³/mol. The molecule has 0 atom stereocenters. The van der Waals surface area contributed by atoms with E-state index in [1.807, 2.05) is 0 Å². The summed E-state index contributed by atoms with van der Waals surface area (Å²) >= 11 is 5.48. The topological polar surface area (TPSA) is 23.8 Å². The van der Waals surface area contributed by atoms with E-state index in [4.69, 9.17) is 16.9 Å². The molecule has 0 aliphatic carbocycles. The highest BCUT2D eigenvalue weighted by Gasteiger charge is 2.30. The molecule has 0 bridgehead atoms. The number of hydrogen-bond donors (Lipinski definition) is 0. The fourth-order valence-corrected chi connectivity index (χ4v) is 0.850. The minimum Gasteiger partial charge on any atom is -0.191 e. The molecule has 0 heterocycles. The van der Waals surface area contributed by atoms with Crippen molar-refractivity contribution >= 4 is 11.6 Å². The summed E-state index contributed by atoms with van der Waals surface area (Å²) in [7, 11) is 0. The Labute approximate surface area is 73.2 Å². The Morgan fingerprint density at radius 3 is 2.17 bits per heavy atom. The van der Waals surface area contributed by atoms with Crippen molar-refractivity contribution in [1.82, 2.24) is 0 Å². The van der Waals surface area contributed by atoms with Gasteiger partial charge in [-0.25, -0.2) is 0 Å². The minimum atomic E-state index is -3.43. The first kappa shape index (κ1) is 8.95. The first-order valence-electron chi connectivity index (χ1n) is 3.11. The van der Waals surface area contributed by atoms with Crippen molar-refractivity contribution in [3.05, 3.63) is 34.9 Å². The third-order valence-electron chi connectivity index (χ3n) is 1.35. The Kier molecular flexibility index (Phi) is 2.30. The zero-order chi connectivity index (χ0) is 9.19. The van der Waals surface area contributed by atoms with E-state index in [-0.39, 0.29) is 5.56 Å². The van der Waals surface area contributed by atoms with Gasteiger partial charge in [-0.1, -0.05) is 23.7 Å². The maximum atomic E-state index is 12.6. The fourth-order valence-electron chi connectivity index (χ4n) is 0.724. The van der Waals surface area contributed by atoms with E-state index in [1.54, 1.807) is 0 Å². The van der Waals surface area contributed by atoms with E-state index >= 15 is 0 Å². The van der Waals surface area contributed by atoms with Crippen LogP contribution in [-0.2, 0) is 5.92 Å². The van der Waals surface area contributed by atoms with Gasteiger partial charge in [0.05, 0.1) is 0 Å². The summed E-state index contributed by atoms with van der Waals surface area (Å²) in [6.07, 6.45) is 0. The molecule has 12 heavy (non-hydrogen) atoms. The van der Waals surface area contributed by atoms with E-state index in [2.05, 4.69) is 0 Å². The van der Waals surface area contributed by atoms with Crippen LogP contribution in [0.1, 0.15) is 5.56 Å². The lowest BCUT2D eigenvalue weighted by atomic mass is 10.1. The molecule has 1 aromatic rings. The molecule has 4 heteroatoms. The van der Waals surface area contributed by atoms with Crippen LogP contribution in [0.25, 0.3) is 0 Å². The quantitative estimate of drug-likeness (QED) is 0.663. The van der Waals surface area contributed by atoms with Crippen molar-refractivity contribution < 1.29 is 8.78 Å². The molecule has 0 radical (unpaired) electrons. The smallest absolute Gasteiger partial charge is 0.191 e. The summed E-state index contributed by atoms with van der Waals surface area (Å²) in [5, 5.41) is 8.45. The predicted octanol–water partition coefficient (Wildman–Crippen LogP) is 2.96. The van der Waals surface area contributed by atoms with Crippen molar-refractivity contribution in [2.75, 3.05) is 0 Å². The van der Waals surface area contributed by atoms with Gasteiger partial charge in [0.1, 0.15) is 6.07 Å². The van der Waals surface area contributed by atoms with Crippen molar-refractivity contribution in [3.63, 3.8) is 0 Å². The van der Waals surface area contributed by atoms with E-state index in [0.717, 1.165) is 18.2 Å². The van der Waals surface area contributed by atoms with Gasteiger partial charge in [0, 0.05) is 10.6 Å². The van der Waals surface area contributed by atoms with Crippen LogP contribution in [0.5, 0.6) is 0 Å². The molecule has 0 saturated carbocycles. The zero-order valence-electron chi connectivity index (χ0n) is 5.89. The zero-order valence-corrected chi connectivity index (χ0v) is 6.65. The van der Waals surface area contributed by atoms with Crippen LogP contribution >= 0.6 is 11.6 Å². The van der Waals surface area contributed by atoms with Gasteiger partial charge in [0.15, 0.2) is 0 Å². The van der Waals surface area contributed by atoms with Crippen LogP contribution in [0.4, 0.5) is 8.78 Å². The standard InChI is InChI=1S/C8H4ClF2N/c9-7-3-1-6(2-4-7)8(10,11)5-12/h1-4H. The molecule has 62 valence electrons. The van der Waals surface area contributed by atoms with Crippen LogP contribution in [0.15, 0.2) is 24.3 Å². The van der Waals surface area contributed by atoms with E-state index in [1.165, 1.54) is 12.1 Å². The SMILES string of the molecule is N#CC(F)(F)c1ccc(Cl)cc1. The summed E-state index contributed by atoms with van der Waals surface area (Å²) in [6.45, 7) is 0. The van der Waals surface area contributed by atoms with Crippen molar-refractivity contribution in [2.24, 2.45) is 0 Å². The summed E-state index contributed by atoms with van der Waals surface area (Å²) in [4.78, 5) is 0. The number of nitriles is 1. The van der Waals surface area contributed by atoms with Crippen molar-refractivity contribution in [3.8, 4) is 6.07 Å². The van der Waals surface area contributed by atoms with Crippen LogP contribution in [0.3, 0.4) is 0 Å². The molecule has 0 amide bonds. The number of hydrogen-bond acceptors (Lipinski definition) is 1. The lowest BCUT2D eigenvalue weighted by Crippen LogP contribution is -2.08. The molecule has 1 nitrogen and oxygen atoms in total. The molecule has 1 rings (SSSR count). The maximum absolute atomic E-state index is 12.6. The van der Waals surface area contributed by atoms with Crippen LogP contribution in [0, 0.1) is 11.3 Å². The average Bonchev–Trinajstić information content (AvgIpc) is 2.05. The molecule has 0 unspecified atom stereocenters. The largest absolute Gasteiger partial charge is 0.357 e. The fraction of sp³-hybridized carbons (Fsp3) is 0.125. The van der Waals surface area contributed by atoms with Gasteiger partial charge in [0.25, 0.3) is 0 Å². The maximum Gasteiger partial charge on any atom is 0.357 e. The van der Waals surface area contributed by atoms with Crippen molar-refractivity contribution in [1.29, 1.82) is 5.26 Å². The van der Waals surface area contributed by atoms with Gasteiger partial charge in [-0.3, -0.25) is 0 Å². The second kappa shape index (κ2) is 3.08. The Hall–Kier alpha value is -1.14. The number of nitrogens with zero attached hydrogens (tertiary/aromatic N) is 1. The Bertz CT molecular complexity index is 313. The summed E-state index contributed by atoms with van der Waals surface area (Å²) < 4.78 is 25.2. The second-order valence-electron chi connectivity index (χ2n) is 2.19. The van der Waals surface area contributed by atoms with E-state index < -0.39 is 5.92 Å². The molecular formula is C8H4ClF2N. The Morgan fingerprint density at radius 1 is 1.25 bits per heavy atom. The first-order valence-corrected chi connectivity index (χ1v) is 3.49. The summed E-state index contributed by atoms with van der Waals surface area (Å²) in [5.74, 6) is -3.43. The molecule has 1 aromatic carbocycles. The first-order chi connectivity index (χ1) is 5.56.